The summed E-state index contributed by atoms with van der Waals surface area (Å²) in [4.78, 5) is 15.6. The predicted molar refractivity (Wildman–Crippen MR) is 93.6 cm³/mol. The van der Waals surface area contributed by atoms with Crippen molar-refractivity contribution in [3.63, 3.8) is 0 Å². The molecule has 1 saturated heterocycles. The van der Waals surface area contributed by atoms with Gasteiger partial charge in [0.2, 0.25) is 15.9 Å². The molecule has 28 heavy (non-hydrogen) atoms. The lowest BCUT2D eigenvalue weighted by Gasteiger charge is -2.31. The molecule has 1 aliphatic heterocycles. The van der Waals surface area contributed by atoms with Crippen LogP contribution in [-0.4, -0.2) is 36.7 Å². The number of halogens is 4. The van der Waals surface area contributed by atoms with E-state index in [4.69, 9.17) is 0 Å². The van der Waals surface area contributed by atoms with E-state index in [1.807, 2.05) is 0 Å². The maximum absolute atomic E-state index is 13.5. The number of carbonyl (C=O) groups is 1. The summed E-state index contributed by atoms with van der Waals surface area (Å²) in [5.74, 6) is -2.63. The van der Waals surface area contributed by atoms with Gasteiger partial charge in [0.25, 0.3) is 0 Å². The minimum Gasteiger partial charge on any atom is -0.302 e. The monoisotopic (exact) mass is 437 g/mol. The lowest BCUT2D eigenvalue weighted by Crippen LogP contribution is -2.43. The maximum Gasteiger partial charge on any atom is 0.419 e. The molecule has 6 nitrogen and oxygen atoms in total. The fraction of sp³-hybridized carbons (Fsp3) is 0.375. The minimum absolute atomic E-state index is 0.0576. The summed E-state index contributed by atoms with van der Waals surface area (Å²) < 4.78 is 78.6. The molecule has 0 spiro atoms. The highest BCUT2D eigenvalue weighted by Gasteiger charge is 2.38. The van der Waals surface area contributed by atoms with Crippen LogP contribution in [0.4, 0.5) is 22.7 Å². The van der Waals surface area contributed by atoms with Crippen molar-refractivity contribution >= 4 is 32.4 Å². The Morgan fingerprint density at radius 1 is 1.32 bits per heavy atom. The SMILES string of the molecule is O=C(Nc1nccs1)C1CCCN(S(=O)(=O)c2ccc(F)c(C(F)(F)F)c2)C1. The largest absolute Gasteiger partial charge is 0.419 e. The Labute approximate surface area is 162 Å². The molecule has 0 bridgehead atoms. The highest BCUT2D eigenvalue weighted by atomic mass is 32.2. The number of thiazole rings is 1. The van der Waals surface area contributed by atoms with E-state index < -0.39 is 44.3 Å². The van der Waals surface area contributed by atoms with Crippen LogP contribution in [-0.2, 0) is 21.0 Å². The van der Waals surface area contributed by atoms with Gasteiger partial charge in [-0.2, -0.15) is 17.5 Å². The summed E-state index contributed by atoms with van der Waals surface area (Å²) in [6, 6.07) is 1.55. The number of hydrogen-bond donors (Lipinski definition) is 1. The first-order valence-electron chi connectivity index (χ1n) is 8.16. The van der Waals surface area contributed by atoms with Crippen LogP contribution < -0.4 is 5.32 Å². The highest BCUT2D eigenvalue weighted by Crippen LogP contribution is 2.34. The van der Waals surface area contributed by atoms with Crippen LogP contribution in [0.15, 0.2) is 34.7 Å². The quantitative estimate of drug-likeness (QED) is 0.745. The third-order valence-corrected chi connectivity index (χ3v) is 6.85. The van der Waals surface area contributed by atoms with Crippen molar-refractivity contribution in [1.29, 1.82) is 0 Å². The molecule has 2 aromatic rings. The van der Waals surface area contributed by atoms with Crippen molar-refractivity contribution in [3.05, 3.63) is 41.2 Å². The number of benzene rings is 1. The van der Waals surface area contributed by atoms with Crippen LogP contribution in [0.1, 0.15) is 18.4 Å². The van der Waals surface area contributed by atoms with Gasteiger partial charge in [-0.15, -0.1) is 11.3 Å². The zero-order valence-electron chi connectivity index (χ0n) is 14.2. The maximum atomic E-state index is 13.5. The van der Waals surface area contributed by atoms with Gasteiger partial charge in [-0.3, -0.25) is 4.79 Å². The molecule has 1 N–H and O–H groups in total. The first kappa shape index (κ1) is 20.7. The number of piperidine rings is 1. The first-order chi connectivity index (χ1) is 13.1. The minimum atomic E-state index is -5.02. The van der Waals surface area contributed by atoms with E-state index in [0.29, 0.717) is 24.0 Å². The number of nitrogens with one attached hydrogen (secondary N) is 1. The van der Waals surface area contributed by atoms with Crippen molar-refractivity contribution in [2.75, 3.05) is 18.4 Å². The molecule has 0 radical (unpaired) electrons. The molecule has 1 aromatic heterocycles. The topological polar surface area (TPSA) is 79.4 Å². The summed E-state index contributed by atoms with van der Waals surface area (Å²) in [6.07, 6.45) is -2.72. The van der Waals surface area contributed by atoms with Gasteiger partial charge in [0.1, 0.15) is 5.82 Å². The van der Waals surface area contributed by atoms with E-state index >= 15 is 0 Å². The third-order valence-electron chi connectivity index (χ3n) is 4.30. The van der Waals surface area contributed by atoms with Gasteiger partial charge in [-0.05, 0) is 31.0 Å². The smallest absolute Gasteiger partial charge is 0.302 e. The van der Waals surface area contributed by atoms with Crippen LogP contribution >= 0.6 is 11.3 Å². The zero-order valence-corrected chi connectivity index (χ0v) is 15.9. The Hall–Kier alpha value is -2.05. The second-order valence-corrected chi connectivity index (χ2v) is 9.00. The second-order valence-electron chi connectivity index (χ2n) is 6.17. The molecule has 1 aromatic carbocycles. The summed E-state index contributed by atoms with van der Waals surface area (Å²) in [5.41, 5.74) is -1.65. The number of alkyl halides is 3. The molecular weight excluding hydrogens is 422 g/mol. The Kier molecular flexibility index (Phi) is 5.73. The van der Waals surface area contributed by atoms with Gasteiger partial charge in [0.05, 0.1) is 16.4 Å². The van der Waals surface area contributed by atoms with Crippen LogP contribution in [0.25, 0.3) is 0 Å². The van der Waals surface area contributed by atoms with E-state index in [-0.39, 0.29) is 19.2 Å². The van der Waals surface area contributed by atoms with Gasteiger partial charge in [-0.1, -0.05) is 0 Å². The number of carbonyl (C=O) groups excluding carboxylic acids is 1. The molecule has 2 heterocycles. The van der Waals surface area contributed by atoms with E-state index in [1.165, 1.54) is 17.5 Å². The number of hydrogen-bond acceptors (Lipinski definition) is 5. The van der Waals surface area contributed by atoms with Crippen molar-refractivity contribution in [2.45, 2.75) is 23.9 Å². The molecule has 3 rings (SSSR count). The Bertz CT molecular complexity index is 962. The normalized spacial score (nSPS) is 18.8. The van der Waals surface area contributed by atoms with Gasteiger partial charge < -0.3 is 5.32 Å². The molecule has 1 fully saturated rings. The molecule has 0 saturated carbocycles. The molecule has 12 heteroatoms. The van der Waals surface area contributed by atoms with Crippen molar-refractivity contribution in [2.24, 2.45) is 5.92 Å². The van der Waals surface area contributed by atoms with Crippen LogP contribution in [0, 0.1) is 11.7 Å². The highest BCUT2D eigenvalue weighted by molar-refractivity contribution is 7.89. The zero-order chi connectivity index (χ0) is 20.5. The molecule has 1 aliphatic rings. The molecule has 1 atom stereocenters. The summed E-state index contributed by atoms with van der Waals surface area (Å²) in [5, 5.41) is 4.63. The summed E-state index contributed by atoms with van der Waals surface area (Å²) in [7, 11) is -4.32. The van der Waals surface area contributed by atoms with E-state index in [0.717, 1.165) is 10.4 Å². The van der Waals surface area contributed by atoms with Gasteiger partial charge in [0, 0.05) is 24.7 Å². The Morgan fingerprint density at radius 3 is 2.71 bits per heavy atom. The molecule has 1 unspecified atom stereocenters. The van der Waals surface area contributed by atoms with Gasteiger partial charge in [0.15, 0.2) is 5.13 Å². The van der Waals surface area contributed by atoms with Crippen molar-refractivity contribution < 1.29 is 30.8 Å². The standard InChI is InChI=1S/C16H15F4N3O3S2/c17-13-4-3-11(8-12(13)16(18,19)20)28(25,26)23-6-1-2-10(9-23)14(24)22-15-21-5-7-27-15/h3-5,7-8,10H,1-2,6,9H2,(H,21,22,24). The molecule has 152 valence electrons. The van der Waals surface area contributed by atoms with Crippen molar-refractivity contribution in [1.82, 2.24) is 9.29 Å². The fourth-order valence-corrected chi connectivity index (χ4v) is 4.98. The van der Waals surface area contributed by atoms with Gasteiger partial charge >= 0.3 is 6.18 Å². The number of anilines is 1. The average Bonchev–Trinajstić information content (AvgIpc) is 3.14. The van der Waals surface area contributed by atoms with Crippen LogP contribution in [0.3, 0.4) is 0 Å². The summed E-state index contributed by atoms with van der Waals surface area (Å²) >= 11 is 1.21. The number of amides is 1. The average molecular weight is 437 g/mol. The van der Waals surface area contributed by atoms with Crippen LogP contribution in [0.5, 0.6) is 0 Å². The molecule has 1 amide bonds. The van der Waals surface area contributed by atoms with E-state index in [9.17, 15) is 30.8 Å². The molecule has 0 aliphatic carbocycles. The number of rotatable bonds is 4. The Balaban J connectivity index is 1.81. The van der Waals surface area contributed by atoms with Crippen molar-refractivity contribution in [3.8, 4) is 0 Å². The van der Waals surface area contributed by atoms with Crippen LogP contribution in [0.2, 0.25) is 0 Å². The van der Waals surface area contributed by atoms with Gasteiger partial charge in [-0.25, -0.2) is 17.8 Å². The fourth-order valence-electron chi connectivity index (χ4n) is 2.90. The van der Waals surface area contributed by atoms with E-state index in [2.05, 4.69) is 10.3 Å². The van der Waals surface area contributed by atoms with E-state index in [1.54, 1.807) is 5.38 Å². The lowest BCUT2D eigenvalue weighted by molar-refractivity contribution is -0.140. The first-order valence-corrected chi connectivity index (χ1v) is 10.5. The number of sulfonamides is 1. The third kappa shape index (κ3) is 4.33. The summed E-state index contributed by atoms with van der Waals surface area (Å²) in [6.45, 7) is -0.125. The lowest BCUT2D eigenvalue weighted by atomic mass is 9.99. The Morgan fingerprint density at radius 2 is 2.07 bits per heavy atom. The number of nitrogens with zero attached hydrogens (tertiary/aromatic N) is 2. The molecular formula is C16H15F4N3O3S2. The predicted octanol–water partition coefficient (Wildman–Crippen LogP) is 3.34. The number of aromatic nitrogens is 1. The second kappa shape index (κ2) is 7.76.